The maximum Gasteiger partial charge on any atom is 0.325 e. The van der Waals surface area contributed by atoms with Crippen LogP contribution in [0.25, 0.3) is 11.2 Å². The van der Waals surface area contributed by atoms with E-state index < -0.39 is 32.1 Å². The van der Waals surface area contributed by atoms with Crippen LogP contribution in [0.3, 0.4) is 0 Å². The van der Waals surface area contributed by atoms with E-state index in [4.69, 9.17) is 19.7 Å². The quantitative estimate of drug-likeness (QED) is 0.596. The molecule has 1 saturated heterocycles. The van der Waals surface area contributed by atoms with E-state index in [1.54, 1.807) is 0 Å². The summed E-state index contributed by atoms with van der Waals surface area (Å²) >= 11 is 0. The maximum atomic E-state index is 11.3. The Balaban J connectivity index is 1.88. The monoisotopic (exact) mass is 359 g/mol. The van der Waals surface area contributed by atoms with E-state index in [1.165, 1.54) is 24.3 Å². The minimum atomic E-state index is -3.67. The number of methoxy groups -OCH3 is 1. The average molecular weight is 359 g/mol. The first kappa shape index (κ1) is 17.2. The van der Waals surface area contributed by atoms with Gasteiger partial charge in [-0.25, -0.2) is 15.0 Å². The number of nitrogen functional groups attached to an aromatic ring is 1. The molecule has 132 valence electrons. The zero-order valence-electron chi connectivity index (χ0n) is 13.0. The summed E-state index contributed by atoms with van der Waals surface area (Å²) in [5.74, 6) is 0.210. The highest BCUT2D eigenvalue weighted by molar-refractivity contribution is 7.51. The van der Waals surface area contributed by atoms with Crippen LogP contribution in [0.2, 0.25) is 0 Å². The Morgan fingerprint density at radius 2 is 2.21 bits per heavy atom. The van der Waals surface area contributed by atoms with Gasteiger partial charge in [-0.1, -0.05) is 0 Å². The van der Waals surface area contributed by atoms with Crippen molar-refractivity contribution >= 4 is 24.6 Å². The van der Waals surface area contributed by atoms with Gasteiger partial charge in [0.25, 0.3) is 0 Å². The van der Waals surface area contributed by atoms with Gasteiger partial charge in [-0.3, -0.25) is 9.13 Å². The van der Waals surface area contributed by atoms with Gasteiger partial charge in [-0.2, -0.15) is 0 Å². The molecular weight excluding hydrogens is 341 g/mol. The lowest BCUT2D eigenvalue weighted by molar-refractivity contribution is -0.0503. The summed E-state index contributed by atoms with van der Waals surface area (Å²) < 4.78 is 28.7. The fourth-order valence-electron chi connectivity index (χ4n) is 2.64. The van der Waals surface area contributed by atoms with Crippen LogP contribution in [0.4, 0.5) is 5.82 Å². The van der Waals surface area contributed by atoms with E-state index in [1.807, 2.05) is 0 Å². The summed E-state index contributed by atoms with van der Waals surface area (Å²) in [6, 6.07) is 0. The molecule has 0 aromatic carbocycles. The van der Waals surface area contributed by atoms with E-state index in [-0.39, 0.29) is 12.4 Å². The molecule has 0 amide bonds. The molecular formula is C12H18N5O6P. The molecule has 0 radical (unpaired) electrons. The molecule has 1 aliphatic heterocycles. The highest BCUT2D eigenvalue weighted by Crippen LogP contribution is 2.39. The molecule has 1 aliphatic rings. The number of nitrogens with zero attached hydrogens (tertiary/aromatic N) is 4. The summed E-state index contributed by atoms with van der Waals surface area (Å²) in [5, 5.41) is 10.5. The number of aliphatic hydroxyl groups excluding tert-OH is 1. The van der Waals surface area contributed by atoms with Crippen molar-refractivity contribution in [3.8, 4) is 0 Å². The topological polar surface area (TPSA) is 155 Å². The van der Waals surface area contributed by atoms with Gasteiger partial charge < -0.3 is 29.7 Å². The Bertz CT molecular complexity index is 778. The second-order valence-electron chi connectivity index (χ2n) is 5.44. The normalized spacial score (nSPS) is 29.8. The Morgan fingerprint density at radius 1 is 1.46 bits per heavy atom. The number of hydrogen-bond acceptors (Lipinski definition) is 9. The Hall–Kier alpha value is -1.62. The van der Waals surface area contributed by atoms with Crippen molar-refractivity contribution in [1.82, 2.24) is 19.5 Å². The van der Waals surface area contributed by atoms with Crippen molar-refractivity contribution < 1.29 is 28.6 Å². The van der Waals surface area contributed by atoms with Crippen LogP contribution in [0.5, 0.6) is 0 Å². The number of aromatic nitrogens is 4. The van der Waals surface area contributed by atoms with Crippen molar-refractivity contribution in [3.63, 3.8) is 0 Å². The molecule has 4 N–H and O–H groups in total. The van der Waals surface area contributed by atoms with E-state index >= 15 is 0 Å². The Morgan fingerprint density at radius 3 is 2.88 bits per heavy atom. The minimum Gasteiger partial charge on any atom is -0.386 e. The SMILES string of the molecule is COC1C(COP(C)(=O)O)OC(n2cnc3c(N)ncnc32)C1O. The first-order valence-corrected chi connectivity index (χ1v) is 9.08. The smallest absolute Gasteiger partial charge is 0.325 e. The first-order chi connectivity index (χ1) is 11.3. The molecule has 0 aliphatic carbocycles. The van der Waals surface area contributed by atoms with Crippen molar-refractivity contribution in [2.45, 2.75) is 24.5 Å². The third kappa shape index (κ3) is 3.14. The second-order valence-corrected chi connectivity index (χ2v) is 7.30. The molecule has 0 bridgehead atoms. The fraction of sp³-hybridized carbons (Fsp3) is 0.583. The second kappa shape index (κ2) is 6.36. The van der Waals surface area contributed by atoms with Crippen LogP contribution in [0.1, 0.15) is 6.23 Å². The van der Waals surface area contributed by atoms with Gasteiger partial charge in [0.15, 0.2) is 17.7 Å². The molecule has 3 heterocycles. The summed E-state index contributed by atoms with van der Waals surface area (Å²) in [4.78, 5) is 21.3. The number of hydrogen-bond donors (Lipinski definition) is 3. The van der Waals surface area contributed by atoms with Crippen molar-refractivity contribution in [2.24, 2.45) is 0 Å². The summed E-state index contributed by atoms with van der Waals surface area (Å²) in [6.45, 7) is 0.862. The minimum absolute atomic E-state index is 0.208. The van der Waals surface area contributed by atoms with Crippen LogP contribution >= 0.6 is 7.60 Å². The lowest BCUT2D eigenvalue weighted by Gasteiger charge is -2.18. The Kier molecular flexibility index (Phi) is 4.56. The molecule has 2 aromatic rings. The van der Waals surface area contributed by atoms with Gasteiger partial charge in [0, 0.05) is 13.8 Å². The van der Waals surface area contributed by atoms with Crippen molar-refractivity contribution in [2.75, 3.05) is 26.1 Å². The molecule has 2 aromatic heterocycles. The van der Waals surface area contributed by atoms with Gasteiger partial charge in [0.2, 0.25) is 0 Å². The van der Waals surface area contributed by atoms with E-state index in [9.17, 15) is 14.6 Å². The van der Waals surface area contributed by atoms with Crippen LogP contribution in [-0.4, -0.2) is 68.2 Å². The van der Waals surface area contributed by atoms with E-state index in [0.29, 0.717) is 11.2 Å². The largest absolute Gasteiger partial charge is 0.386 e. The van der Waals surface area contributed by atoms with Crippen LogP contribution in [0.15, 0.2) is 12.7 Å². The predicted octanol–water partition coefficient (Wildman–Crippen LogP) is -0.486. The molecule has 1 fully saturated rings. The first-order valence-electron chi connectivity index (χ1n) is 7.06. The Labute approximate surface area is 136 Å². The summed E-state index contributed by atoms with van der Waals surface area (Å²) in [5.41, 5.74) is 6.52. The molecule has 24 heavy (non-hydrogen) atoms. The highest BCUT2D eigenvalue weighted by Gasteiger charge is 2.46. The highest BCUT2D eigenvalue weighted by atomic mass is 31.2. The molecule has 11 nitrogen and oxygen atoms in total. The zero-order valence-corrected chi connectivity index (χ0v) is 13.9. The molecule has 3 rings (SSSR count). The molecule has 5 unspecified atom stereocenters. The molecule has 0 spiro atoms. The van der Waals surface area contributed by atoms with Gasteiger partial charge in [0.1, 0.15) is 30.2 Å². The third-order valence-electron chi connectivity index (χ3n) is 3.72. The van der Waals surface area contributed by atoms with Gasteiger partial charge in [-0.15, -0.1) is 0 Å². The number of aliphatic hydroxyl groups is 1. The number of nitrogens with two attached hydrogens (primary N) is 1. The predicted molar refractivity (Wildman–Crippen MR) is 82.2 cm³/mol. The van der Waals surface area contributed by atoms with Crippen molar-refractivity contribution in [3.05, 3.63) is 12.7 Å². The van der Waals surface area contributed by atoms with Crippen LogP contribution in [-0.2, 0) is 18.6 Å². The van der Waals surface area contributed by atoms with E-state index in [0.717, 1.165) is 6.66 Å². The standard InChI is InChI=1S/C12H18N5O6P/c1-21-9-6(3-22-24(2,19)20)23-12(8(9)18)17-5-16-7-10(13)14-4-15-11(7)17/h4-6,8-9,12,18H,3H2,1-2H3,(H,19,20)(H2,13,14,15). The zero-order chi connectivity index (χ0) is 17.5. The van der Waals surface area contributed by atoms with Crippen LogP contribution < -0.4 is 5.73 Å². The summed E-state index contributed by atoms with van der Waals surface area (Å²) in [6.07, 6.45) is -0.712. The number of ether oxygens (including phenoxy) is 2. The fourth-order valence-corrected chi connectivity index (χ4v) is 3.07. The molecule has 0 saturated carbocycles. The maximum absolute atomic E-state index is 11.3. The molecule has 12 heteroatoms. The van der Waals surface area contributed by atoms with E-state index in [2.05, 4.69) is 15.0 Å². The van der Waals surface area contributed by atoms with Crippen molar-refractivity contribution in [1.29, 1.82) is 0 Å². The summed E-state index contributed by atoms with van der Waals surface area (Å²) in [7, 11) is -2.27. The number of anilines is 1. The number of fused-ring (bicyclic) bond motifs is 1. The van der Waals surface area contributed by atoms with Gasteiger partial charge in [0.05, 0.1) is 12.9 Å². The van der Waals surface area contributed by atoms with Gasteiger partial charge in [-0.05, 0) is 0 Å². The number of rotatable bonds is 5. The van der Waals surface area contributed by atoms with Gasteiger partial charge >= 0.3 is 7.60 Å². The third-order valence-corrected chi connectivity index (χ3v) is 4.35. The molecule has 5 atom stereocenters. The van der Waals surface area contributed by atoms with Crippen LogP contribution in [0, 0.1) is 0 Å². The lowest BCUT2D eigenvalue weighted by atomic mass is 10.1. The average Bonchev–Trinajstić information content (AvgIpc) is 3.06. The lowest BCUT2D eigenvalue weighted by Crippen LogP contribution is -2.35. The number of imidazole rings is 1.